The van der Waals surface area contributed by atoms with Gasteiger partial charge in [0.25, 0.3) is 0 Å². The molecular weight excluding hydrogens is 379 g/mol. The fraction of sp³-hybridized carbons (Fsp3) is 0.692. The zero-order valence-electron chi connectivity index (χ0n) is 18.2. The van der Waals surface area contributed by atoms with Crippen LogP contribution in [0.4, 0.5) is 4.39 Å². The second-order valence-electron chi connectivity index (χ2n) is 9.42. The highest BCUT2D eigenvalue weighted by molar-refractivity contribution is 7.19. The first kappa shape index (κ1) is 21.3. The highest BCUT2D eigenvalue weighted by Crippen LogP contribution is 2.41. The molecule has 1 aromatic carbocycles. The normalized spacial score (nSPS) is 28.1. The second-order valence-corrected chi connectivity index (χ2v) is 10.6. The molecule has 0 N–H and O–H groups in total. The lowest BCUT2D eigenvalue weighted by Gasteiger charge is -2.38. The van der Waals surface area contributed by atoms with Crippen molar-refractivity contribution in [3.8, 4) is 0 Å². The maximum atomic E-state index is 15.3. The van der Waals surface area contributed by atoms with Gasteiger partial charge in [-0.1, -0.05) is 58.1 Å². The van der Waals surface area contributed by atoms with E-state index < -0.39 is 0 Å². The predicted molar refractivity (Wildman–Crippen MR) is 122 cm³/mol. The Morgan fingerprint density at radius 1 is 1.03 bits per heavy atom. The van der Waals surface area contributed by atoms with Crippen molar-refractivity contribution >= 4 is 21.4 Å². The molecule has 1 nitrogen and oxygen atoms in total. The molecule has 0 radical (unpaired) electrons. The van der Waals surface area contributed by atoms with Gasteiger partial charge in [0.2, 0.25) is 0 Å². The lowest BCUT2D eigenvalue weighted by Crippen LogP contribution is -2.33. The fourth-order valence-corrected chi connectivity index (χ4v) is 6.72. The molecule has 3 heteroatoms. The molecule has 2 aromatic rings. The van der Waals surface area contributed by atoms with Crippen molar-refractivity contribution in [3.63, 3.8) is 0 Å². The van der Waals surface area contributed by atoms with Crippen LogP contribution in [-0.2, 0) is 11.2 Å². The van der Waals surface area contributed by atoms with Crippen LogP contribution in [0.25, 0.3) is 10.1 Å². The average molecular weight is 417 g/mol. The minimum absolute atomic E-state index is 0.0161. The van der Waals surface area contributed by atoms with E-state index in [4.69, 9.17) is 4.74 Å². The molecule has 1 aliphatic heterocycles. The summed E-state index contributed by atoms with van der Waals surface area (Å²) in [6.07, 6.45) is 14.1. The molecule has 1 saturated carbocycles. The van der Waals surface area contributed by atoms with Crippen LogP contribution in [0.1, 0.15) is 94.4 Å². The van der Waals surface area contributed by atoms with Gasteiger partial charge in [0.15, 0.2) is 0 Å². The van der Waals surface area contributed by atoms with E-state index in [9.17, 15) is 0 Å². The highest BCUT2D eigenvalue weighted by atomic mass is 32.1. The summed E-state index contributed by atoms with van der Waals surface area (Å²) in [7, 11) is 0. The van der Waals surface area contributed by atoms with E-state index in [1.165, 1.54) is 56.2 Å². The third-order valence-corrected chi connectivity index (χ3v) is 8.55. The molecule has 2 unspecified atom stereocenters. The van der Waals surface area contributed by atoms with E-state index in [0.717, 1.165) is 46.7 Å². The third-order valence-electron chi connectivity index (χ3n) is 7.35. The van der Waals surface area contributed by atoms with Crippen LogP contribution in [0.3, 0.4) is 0 Å². The van der Waals surface area contributed by atoms with Crippen molar-refractivity contribution in [2.24, 2.45) is 11.8 Å². The summed E-state index contributed by atoms with van der Waals surface area (Å²) in [4.78, 5) is 1.32. The van der Waals surface area contributed by atoms with Crippen LogP contribution < -0.4 is 0 Å². The molecule has 160 valence electrons. The Bertz CT molecular complexity index is 781. The minimum Gasteiger partial charge on any atom is -0.377 e. The van der Waals surface area contributed by atoms with E-state index in [2.05, 4.69) is 26.0 Å². The van der Waals surface area contributed by atoms with Crippen LogP contribution in [0, 0.1) is 17.7 Å². The number of rotatable bonds is 7. The van der Waals surface area contributed by atoms with Crippen LogP contribution in [-0.4, -0.2) is 12.7 Å². The number of thiophene rings is 1. The Balaban J connectivity index is 1.37. The van der Waals surface area contributed by atoms with Crippen molar-refractivity contribution in [3.05, 3.63) is 34.5 Å². The summed E-state index contributed by atoms with van der Waals surface area (Å²) in [5.41, 5.74) is 0.881. The molecule has 0 spiro atoms. The van der Waals surface area contributed by atoms with E-state index in [1.54, 1.807) is 11.3 Å². The molecule has 2 atom stereocenters. The first-order valence-corrected chi connectivity index (χ1v) is 12.8. The summed E-state index contributed by atoms with van der Waals surface area (Å²) in [6.45, 7) is 5.20. The second kappa shape index (κ2) is 9.92. The molecule has 29 heavy (non-hydrogen) atoms. The number of hydrogen-bond acceptors (Lipinski definition) is 2. The van der Waals surface area contributed by atoms with Gasteiger partial charge in [-0.05, 0) is 67.4 Å². The molecule has 1 aromatic heterocycles. The van der Waals surface area contributed by atoms with Crippen molar-refractivity contribution in [1.82, 2.24) is 0 Å². The molecule has 2 heterocycles. The van der Waals surface area contributed by atoms with Gasteiger partial charge in [-0.25, -0.2) is 4.39 Å². The van der Waals surface area contributed by atoms with E-state index >= 15 is 4.39 Å². The molecule has 1 saturated heterocycles. The standard InChI is InChI=1S/C26H37FOS/c1-3-5-7-22-16-20-12-14-23(25(27)26(20)29-22)21-13-15-24(28-17-21)19-10-8-18(6-4-2)9-11-19/h12,14,16,18-19,21,24H,3-11,13,15,17H2,1-2H3. The quantitative estimate of drug-likeness (QED) is 0.441. The van der Waals surface area contributed by atoms with Gasteiger partial charge < -0.3 is 4.74 Å². The summed E-state index contributed by atoms with van der Waals surface area (Å²) in [6, 6.07) is 6.34. The summed E-state index contributed by atoms with van der Waals surface area (Å²) in [5.74, 6) is 1.91. The van der Waals surface area contributed by atoms with Crippen LogP contribution in [0.5, 0.6) is 0 Å². The lowest BCUT2D eigenvalue weighted by atomic mass is 9.75. The van der Waals surface area contributed by atoms with Gasteiger partial charge in [0, 0.05) is 10.8 Å². The maximum Gasteiger partial charge on any atom is 0.144 e. The van der Waals surface area contributed by atoms with Crippen LogP contribution in [0.15, 0.2) is 18.2 Å². The summed E-state index contributed by atoms with van der Waals surface area (Å²) in [5, 5.41) is 1.07. The fourth-order valence-electron chi connectivity index (χ4n) is 5.57. The van der Waals surface area contributed by atoms with Crippen molar-refractivity contribution < 1.29 is 9.13 Å². The number of fused-ring (bicyclic) bond motifs is 1. The average Bonchev–Trinajstić information content (AvgIpc) is 3.18. The smallest absolute Gasteiger partial charge is 0.144 e. The van der Waals surface area contributed by atoms with Gasteiger partial charge in [-0.2, -0.15) is 0 Å². The van der Waals surface area contributed by atoms with Crippen molar-refractivity contribution in [2.45, 2.75) is 96.5 Å². The Hall–Kier alpha value is -0.930. The molecule has 0 amide bonds. The molecule has 2 aliphatic rings. The van der Waals surface area contributed by atoms with E-state index in [-0.39, 0.29) is 11.7 Å². The largest absolute Gasteiger partial charge is 0.377 e. The molecule has 1 aliphatic carbocycles. The Morgan fingerprint density at radius 2 is 1.86 bits per heavy atom. The minimum atomic E-state index is 0.0161. The molecule has 0 bridgehead atoms. The van der Waals surface area contributed by atoms with E-state index in [0.29, 0.717) is 12.7 Å². The Labute approximate surface area is 180 Å². The van der Waals surface area contributed by atoms with Crippen molar-refractivity contribution in [2.75, 3.05) is 6.61 Å². The topological polar surface area (TPSA) is 9.23 Å². The Kier molecular flexibility index (Phi) is 7.29. The van der Waals surface area contributed by atoms with Crippen molar-refractivity contribution in [1.29, 1.82) is 0 Å². The number of hydrogen-bond donors (Lipinski definition) is 0. The van der Waals surface area contributed by atoms with Gasteiger partial charge in [0.05, 0.1) is 17.4 Å². The Morgan fingerprint density at radius 3 is 2.55 bits per heavy atom. The van der Waals surface area contributed by atoms with Gasteiger partial charge in [-0.3, -0.25) is 0 Å². The van der Waals surface area contributed by atoms with Gasteiger partial charge in [-0.15, -0.1) is 11.3 Å². The van der Waals surface area contributed by atoms with Gasteiger partial charge in [0.1, 0.15) is 5.82 Å². The van der Waals surface area contributed by atoms with Crippen LogP contribution in [0.2, 0.25) is 0 Å². The summed E-state index contributed by atoms with van der Waals surface area (Å²) < 4.78 is 22.5. The zero-order valence-corrected chi connectivity index (χ0v) is 19.0. The first-order chi connectivity index (χ1) is 14.2. The lowest BCUT2D eigenvalue weighted by molar-refractivity contribution is -0.0439. The monoisotopic (exact) mass is 416 g/mol. The predicted octanol–water partition coefficient (Wildman–Crippen LogP) is 8.25. The molecule has 4 rings (SSSR count). The number of benzene rings is 1. The first-order valence-electron chi connectivity index (χ1n) is 12.0. The maximum absolute atomic E-state index is 15.3. The third kappa shape index (κ3) is 4.88. The zero-order chi connectivity index (χ0) is 20.2. The number of aryl methyl sites for hydroxylation is 1. The highest BCUT2D eigenvalue weighted by Gasteiger charge is 2.32. The molecular formula is C26H37FOS. The van der Waals surface area contributed by atoms with E-state index in [1.807, 2.05) is 6.07 Å². The number of ether oxygens (including phenoxy) is 1. The van der Waals surface area contributed by atoms with Crippen LogP contribution >= 0.6 is 11.3 Å². The number of unbranched alkanes of at least 4 members (excludes halogenated alkanes) is 1. The SMILES string of the molecule is CCCCc1cc2ccc(C3CCC(C4CCC(CCC)CC4)OC3)c(F)c2s1. The summed E-state index contributed by atoms with van der Waals surface area (Å²) >= 11 is 1.65. The van der Waals surface area contributed by atoms with Gasteiger partial charge >= 0.3 is 0 Å². The molecule has 2 fully saturated rings. The number of halogens is 1.